The van der Waals surface area contributed by atoms with E-state index in [1.165, 1.54) is 6.42 Å². The van der Waals surface area contributed by atoms with E-state index in [2.05, 4.69) is 21.8 Å². The Kier molecular flexibility index (Phi) is 4.14. The molecule has 0 spiro atoms. The predicted octanol–water partition coefficient (Wildman–Crippen LogP) is 0.741. The SMILES string of the molecule is CCCCn1cnc(CC2OCCNC2=O)c1. The number of hydrogen-bond acceptors (Lipinski definition) is 3. The fourth-order valence-electron chi connectivity index (χ4n) is 1.88. The van der Waals surface area contributed by atoms with Crippen LogP contribution in [0.1, 0.15) is 25.5 Å². The van der Waals surface area contributed by atoms with E-state index in [-0.39, 0.29) is 12.0 Å². The molecule has 2 rings (SSSR count). The van der Waals surface area contributed by atoms with Crippen LogP contribution >= 0.6 is 0 Å². The van der Waals surface area contributed by atoms with Crippen molar-refractivity contribution in [2.75, 3.05) is 13.2 Å². The standard InChI is InChI=1S/C12H19N3O2/c1-2-3-5-15-8-10(14-9-15)7-11-12(16)13-4-6-17-11/h8-9,11H,2-7H2,1H3,(H,13,16). The Balaban J connectivity index is 1.89. The molecule has 5 nitrogen and oxygen atoms in total. The maximum Gasteiger partial charge on any atom is 0.249 e. The van der Waals surface area contributed by atoms with Gasteiger partial charge in [0.2, 0.25) is 5.91 Å². The molecule has 1 saturated heterocycles. The van der Waals surface area contributed by atoms with Crippen LogP contribution in [-0.2, 0) is 22.5 Å². The number of imidazole rings is 1. The Hall–Kier alpha value is -1.36. The second-order valence-electron chi connectivity index (χ2n) is 4.31. The Bertz CT molecular complexity index is 376. The Morgan fingerprint density at radius 3 is 3.29 bits per heavy atom. The highest BCUT2D eigenvalue weighted by atomic mass is 16.5. The van der Waals surface area contributed by atoms with Gasteiger partial charge in [0.25, 0.3) is 0 Å². The largest absolute Gasteiger partial charge is 0.366 e. The van der Waals surface area contributed by atoms with E-state index in [9.17, 15) is 4.79 Å². The van der Waals surface area contributed by atoms with E-state index in [1.54, 1.807) is 0 Å². The van der Waals surface area contributed by atoms with E-state index in [0.29, 0.717) is 19.6 Å². The summed E-state index contributed by atoms with van der Waals surface area (Å²) in [5.41, 5.74) is 0.920. The number of rotatable bonds is 5. The molecular formula is C12H19N3O2. The molecule has 1 unspecified atom stereocenters. The summed E-state index contributed by atoms with van der Waals surface area (Å²) in [7, 11) is 0. The first-order valence-corrected chi connectivity index (χ1v) is 6.19. The molecule has 0 aromatic carbocycles. The van der Waals surface area contributed by atoms with Crippen molar-refractivity contribution in [2.24, 2.45) is 0 Å². The molecule has 1 fully saturated rings. The van der Waals surface area contributed by atoms with Crippen molar-refractivity contribution < 1.29 is 9.53 Å². The maximum absolute atomic E-state index is 11.5. The maximum atomic E-state index is 11.5. The van der Waals surface area contributed by atoms with Crippen molar-refractivity contribution >= 4 is 5.91 Å². The number of carbonyl (C=O) groups is 1. The van der Waals surface area contributed by atoms with E-state index in [4.69, 9.17) is 4.74 Å². The van der Waals surface area contributed by atoms with Crippen molar-refractivity contribution in [3.8, 4) is 0 Å². The molecular weight excluding hydrogens is 218 g/mol. The first-order valence-electron chi connectivity index (χ1n) is 6.19. The van der Waals surface area contributed by atoms with Crippen molar-refractivity contribution in [3.05, 3.63) is 18.2 Å². The van der Waals surface area contributed by atoms with Gasteiger partial charge >= 0.3 is 0 Å². The van der Waals surface area contributed by atoms with Gasteiger partial charge in [-0.3, -0.25) is 4.79 Å². The van der Waals surface area contributed by atoms with Crippen LogP contribution in [0.4, 0.5) is 0 Å². The van der Waals surface area contributed by atoms with Crippen LogP contribution in [-0.4, -0.2) is 34.7 Å². The van der Waals surface area contributed by atoms with Crippen LogP contribution in [0.5, 0.6) is 0 Å². The number of aryl methyl sites for hydroxylation is 1. The number of hydrogen-bond donors (Lipinski definition) is 1. The second-order valence-corrected chi connectivity index (χ2v) is 4.31. The highest BCUT2D eigenvalue weighted by molar-refractivity contribution is 5.81. The van der Waals surface area contributed by atoms with Crippen molar-refractivity contribution in [1.82, 2.24) is 14.9 Å². The third-order valence-corrected chi connectivity index (χ3v) is 2.86. The van der Waals surface area contributed by atoms with Crippen LogP contribution < -0.4 is 5.32 Å². The van der Waals surface area contributed by atoms with Crippen LogP contribution in [0.3, 0.4) is 0 Å². The lowest BCUT2D eigenvalue weighted by Crippen LogP contribution is -2.45. The zero-order chi connectivity index (χ0) is 12.1. The molecule has 17 heavy (non-hydrogen) atoms. The lowest BCUT2D eigenvalue weighted by atomic mass is 10.2. The minimum absolute atomic E-state index is 0.0284. The molecule has 1 aromatic heterocycles. The van der Waals surface area contributed by atoms with Gasteiger partial charge in [0.15, 0.2) is 0 Å². The van der Waals surface area contributed by atoms with Gasteiger partial charge in [0, 0.05) is 25.7 Å². The van der Waals surface area contributed by atoms with Gasteiger partial charge in [-0.2, -0.15) is 0 Å². The van der Waals surface area contributed by atoms with Gasteiger partial charge < -0.3 is 14.6 Å². The summed E-state index contributed by atoms with van der Waals surface area (Å²) in [6, 6.07) is 0. The van der Waals surface area contributed by atoms with Crippen molar-refractivity contribution in [1.29, 1.82) is 0 Å². The summed E-state index contributed by atoms with van der Waals surface area (Å²) < 4.78 is 7.49. The highest BCUT2D eigenvalue weighted by Crippen LogP contribution is 2.07. The number of ether oxygens (including phenoxy) is 1. The average Bonchev–Trinajstić information content (AvgIpc) is 2.77. The highest BCUT2D eigenvalue weighted by Gasteiger charge is 2.23. The van der Waals surface area contributed by atoms with Crippen LogP contribution in [0.15, 0.2) is 12.5 Å². The van der Waals surface area contributed by atoms with E-state index in [0.717, 1.165) is 18.7 Å². The molecule has 0 radical (unpaired) electrons. The number of amides is 1. The van der Waals surface area contributed by atoms with Crippen molar-refractivity contribution in [3.63, 3.8) is 0 Å². The molecule has 2 heterocycles. The lowest BCUT2D eigenvalue weighted by Gasteiger charge is -2.21. The minimum Gasteiger partial charge on any atom is -0.366 e. The van der Waals surface area contributed by atoms with Crippen LogP contribution in [0.25, 0.3) is 0 Å². The minimum atomic E-state index is -0.377. The number of nitrogens with zero attached hydrogens (tertiary/aromatic N) is 2. The molecule has 1 amide bonds. The summed E-state index contributed by atoms with van der Waals surface area (Å²) in [4.78, 5) is 15.8. The zero-order valence-corrected chi connectivity index (χ0v) is 10.2. The van der Waals surface area contributed by atoms with E-state index < -0.39 is 0 Å². The summed E-state index contributed by atoms with van der Waals surface area (Å²) in [5, 5.41) is 2.79. The molecule has 94 valence electrons. The third-order valence-electron chi connectivity index (χ3n) is 2.86. The lowest BCUT2D eigenvalue weighted by molar-refractivity contribution is -0.137. The molecule has 1 aliphatic rings. The molecule has 0 aliphatic carbocycles. The third kappa shape index (κ3) is 3.30. The van der Waals surface area contributed by atoms with Gasteiger partial charge in [-0.05, 0) is 6.42 Å². The van der Waals surface area contributed by atoms with Crippen molar-refractivity contribution in [2.45, 2.75) is 38.8 Å². The first kappa shape index (κ1) is 12.1. The molecule has 0 saturated carbocycles. The molecule has 1 N–H and O–H groups in total. The van der Waals surface area contributed by atoms with Gasteiger partial charge in [-0.25, -0.2) is 4.98 Å². The average molecular weight is 237 g/mol. The Labute approximate surface area is 101 Å². The van der Waals surface area contributed by atoms with Crippen LogP contribution in [0.2, 0.25) is 0 Å². The zero-order valence-electron chi connectivity index (χ0n) is 10.2. The smallest absolute Gasteiger partial charge is 0.249 e. The van der Waals surface area contributed by atoms with Gasteiger partial charge in [-0.1, -0.05) is 13.3 Å². The normalized spacial score (nSPS) is 20.3. The molecule has 0 bridgehead atoms. The van der Waals surface area contributed by atoms with E-state index >= 15 is 0 Å². The summed E-state index contributed by atoms with van der Waals surface area (Å²) in [5.74, 6) is -0.0284. The Morgan fingerprint density at radius 1 is 1.65 bits per heavy atom. The first-order chi connectivity index (χ1) is 8.29. The van der Waals surface area contributed by atoms with Gasteiger partial charge in [-0.15, -0.1) is 0 Å². The summed E-state index contributed by atoms with van der Waals surface area (Å²) in [6.07, 6.45) is 6.33. The molecule has 5 heteroatoms. The number of aromatic nitrogens is 2. The van der Waals surface area contributed by atoms with E-state index in [1.807, 2.05) is 12.5 Å². The number of unbranched alkanes of at least 4 members (excludes halogenated alkanes) is 1. The predicted molar refractivity (Wildman–Crippen MR) is 63.6 cm³/mol. The summed E-state index contributed by atoms with van der Waals surface area (Å²) in [6.45, 7) is 4.35. The summed E-state index contributed by atoms with van der Waals surface area (Å²) >= 11 is 0. The molecule has 1 aromatic rings. The number of morpholine rings is 1. The Morgan fingerprint density at radius 2 is 2.53 bits per heavy atom. The van der Waals surface area contributed by atoms with Gasteiger partial charge in [0.05, 0.1) is 18.6 Å². The monoisotopic (exact) mass is 237 g/mol. The molecule has 1 aliphatic heterocycles. The second kappa shape index (κ2) is 5.82. The number of nitrogens with one attached hydrogen (secondary N) is 1. The quantitative estimate of drug-likeness (QED) is 0.821. The van der Waals surface area contributed by atoms with Crippen LogP contribution in [0, 0.1) is 0 Å². The fourth-order valence-corrected chi connectivity index (χ4v) is 1.88. The fraction of sp³-hybridized carbons (Fsp3) is 0.667. The molecule has 1 atom stereocenters. The van der Waals surface area contributed by atoms with Gasteiger partial charge in [0.1, 0.15) is 6.10 Å². The topological polar surface area (TPSA) is 56.1 Å². The number of carbonyl (C=O) groups excluding carboxylic acids is 1.